The quantitative estimate of drug-likeness (QED) is 0.199. The zero-order valence-corrected chi connectivity index (χ0v) is 30.5. The van der Waals surface area contributed by atoms with Crippen LogP contribution in [0.25, 0.3) is 10.2 Å². The van der Waals surface area contributed by atoms with Gasteiger partial charge < -0.3 is 14.3 Å². The molecule has 0 saturated carbocycles. The first-order valence-electron chi connectivity index (χ1n) is 16.1. The molecule has 3 rings (SSSR count). The zero-order valence-electron chi connectivity index (χ0n) is 28.7. The number of Topliss-reactive ketones (excluding diaryl/α,β-unsaturated/α-hetero) is 1. The smallest absolute Gasteiger partial charge is 0.309 e. The number of allylic oxidation sites excluding steroid dienone is 2. The molecule has 1 aromatic carbocycles. The standard InChI is InChI=1S/C36H55NO5SSi/c1-12-14-27-33(42-44(10,11)35(5,6)7)24(3)16-13-15-23(2)17-19-29(26-18-20-30-28(21-26)37-25(4)43-30)41-32(39)22-31(38)36(8,9)34(27)40/h12,17-18,20-21,24,27,29,31,33,38H,1,13-16,19,22H2,2-11H3/b23-17-/t24-,27+,29-,31-,33-/m0/s1. The summed E-state index contributed by atoms with van der Waals surface area (Å²) >= 11 is 1.63. The number of carbonyl (C=O) groups excluding carboxylic acids is 2. The number of fused-ring (bicyclic) bond motifs is 1. The number of ether oxygens (including phenoxy) is 1. The SMILES string of the molecule is C=CC[C@H]1C(=O)C(C)(C)[C@@H](O)CC(=O)O[C@H](c2ccc3sc(C)nc3c2)C/C=C(/C)CCC[C@H](C)[C@@H]1O[Si](C)(C)C(C)(C)C. The molecule has 0 amide bonds. The van der Waals surface area contributed by atoms with E-state index in [2.05, 4.69) is 65.4 Å². The summed E-state index contributed by atoms with van der Waals surface area (Å²) in [5.74, 6) is -0.989. The number of ketones is 1. The molecule has 1 aliphatic heterocycles. The third kappa shape index (κ3) is 8.77. The van der Waals surface area contributed by atoms with Crippen LogP contribution in [0, 0.1) is 24.2 Å². The lowest BCUT2D eigenvalue weighted by molar-refractivity contribution is -0.156. The third-order valence-electron chi connectivity index (χ3n) is 9.85. The maximum atomic E-state index is 14.4. The highest BCUT2D eigenvalue weighted by molar-refractivity contribution is 7.18. The van der Waals surface area contributed by atoms with Crippen LogP contribution in [0.2, 0.25) is 18.1 Å². The Bertz CT molecular complexity index is 1350. The van der Waals surface area contributed by atoms with Gasteiger partial charge in [-0.25, -0.2) is 4.98 Å². The van der Waals surface area contributed by atoms with Gasteiger partial charge in [-0.2, -0.15) is 0 Å². The van der Waals surface area contributed by atoms with Crippen molar-refractivity contribution in [3.8, 4) is 0 Å². The van der Waals surface area contributed by atoms with Crippen LogP contribution in [0.1, 0.15) is 104 Å². The number of hydrogen-bond donors (Lipinski definition) is 1. The number of aliphatic hydroxyl groups excluding tert-OH is 1. The first-order chi connectivity index (χ1) is 20.4. The minimum absolute atomic E-state index is 0.0265. The minimum atomic E-state index is -2.24. The van der Waals surface area contributed by atoms with Gasteiger partial charge in [0.05, 0.1) is 39.3 Å². The van der Waals surface area contributed by atoms with Crippen molar-refractivity contribution in [1.82, 2.24) is 4.98 Å². The maximum Gasteiger partial charge on any atom is 0.309 e. The van der Waals surface area contributed by atoms with Crippen molar-refractivity contribution in [3.63, 3.8) is 0 Å². The Kier molecular flexibility index (Phi) is 12.0. The first-order valence-corrected chi connectivity index (χ1v) is 19.8. The summed E-state index contributed by atoms with van der Waals surface area (Å²) in [5, 5.41) is 12.4. The summed E-state index contributed by atoms with van der Waals surface area (Å²) in [6.45, 7) is 24.8. The van der Waals surface area contributed by atoms with Crippen molar-refractivity contribution in [2.24, 2.45) is 17.3 Å². The Morgan fingerprint density at radius 3 is 2.55 bits per heavy atom. The molecule has 0 unspecified atom stereocenters. The van der Waals surface area contributed by atoms with E-state index in [1.807, 2.05) is 25.1 Å². The number of aromatic nitrogens is 1. The fraction of sp³-hybridized carbons (Fsp3) is 0.639. The Morgan fingerprint density at radius 2 is 1.91 bits per heavy atom. The van der Waals surface area contributed by atoms with Gasteiger partial charge in [-0.05, 0) is 81.3 Å². The van der Waals surface area contributed by atoms with Crippen molar-refractivity contribution >= 4 is 41.6 Å². The van der Waals surface area contributed by atoms with Crippen molar-refractivity contribution in [2.75, 3.05) is 0 Å². The number of aryl methyl sites for hydroxylation is 1. The van der Waals surface area contributed by atoms with Gasteiger partial charge in [0.2, 0.25) is 0 Å². The minimum Gasteiger partial charge on any atom is -0.457 e. The predicted molar refractivity (Wildman–Crippen MR) is 184 cm³/mol. The molecule has 1 aliphatic rings. The number of cyclic esters (lactones) is 1. The van der Waals surface area contributed by atoms with E-state index >= 15 is 0 Å². The Hall–Kier alpha value is -2.13. The fourth-order valence-electron chi connectivity index (χ4n) is 5.73. The number of benzene rings is 1. The lowest BCUT2D eigenvalue weighted by atomic mass is 9.71. The van der Waals surface area contributed by atoms with Crippen molar-refractivity contribution < 1.29 is 23.9 Å². The summed E-state index contributed by atoms with van der Waals surface area (Å²) in [7, 11) is -2.24. The van der Waals surface area contributed by atoms with E-state index in [0.29, 0.717) is 12.8 Å². The number of esters is 1. The number of hydrogen-bond acceptors (Lipinski definition) is 7. The van der Waals surface area contributed by atoms with Gasteiger partial charge in [-0.15, -0.1) is 17.9 Å². The zero-order chi connectivity index (χ0) is 33.0. The molecule has 1 N–H and O–H groups in total. The molecule has 8 heteroatoms. The Balaban J connectivity index is 2.00. The number of aliphatic hydroxyl groups is 1. The van der Waals surface area contributed by atoms with Crippen molar-refractivity contribution in [2.45, 2.75) is 130 Å². The molecule has 0 bridgehead atoms. The third-order valence-corrected chi connectivity index (χ3v) is 15.3. The van der Waals surface area contributed by atoms with Crippen molar-refractivity contribution in [3.05, 3.63) is 53.1 Å². The molecule has 244 valence electrons. The fourth-order valence-corrected chi connectivity index (χ4v) is 7.97. The van der Waals surface area contributed by atoms with Crippen molar-refractivity contribution in [1.29, 1.82) is 0 Å². The van der Waals surface area contributed by atoms with Gasteiger partial charge in [0.25, 0.3) is 0 Å². The van der Waals surface area contributed by atoms with Crippen LogP contribution in [0.3, 0.4) is 0 Å². The van der Waals surface area contributed by atoms with Gasteiger partial charge in [0.1, 0.15) is 11.9 Å². The molecule has 2 heterocycles. The molecule has 0 saturated heterocycles. The van der Waals surface area contributed by atoms with Crippen LogP contribution in [0.5, 0.6) is 0 Å². The molecule has 44 heavy (non-hydrogen) atoms. The Labute approximate surface area is 270 Å². The van der Waals surface area contributed by atoms with Gasteiger partial charge in [-0.1, -0.05) is 65.3 Å². The van der Waals surface area contributed by atoms with E-state index in [9.17, 15) is 14.7 Å². The van der Waals surface area contributed by atoms with Gasteiger partial charge in [0.15, 0.2) is 8.32 Å². The van der Waals surface area contributed by atoms with Crippen LogP contribution in [0.4, 0.5) is 0 Å². The van der Waals surface area contributed by atoms with E-state index in [0.717, 1.165) is 40.1 Å². The van der Waals surface area contributed by atoms with Gasteiger partial charge in [-0.3, -0.25) is 9.59 Å². The average Bonchev–Trinajstić information content (AvgIpc) is 3.30. The molecule has 6 nitrogen and oxygen atoms in total. The number of nitrogens with zero attached hydrogens (tertiary/aromatic N) is 1. The van der Waals surface area contributed by atoms with E-state index in [-0.39, 0.29) is 29.3 Å². The molecule has 0 fully saturated rings. The summed E-state index contributed by atoms with van der Waals surface area (Å²) in [5.41, 5.74) is 1.80. The van der Waals surface area contributed by atoms with Crippen LogP contribution in [-0.2, 0) is 18.8 Å². The average molecular weight is 642 g/mol. The second kappa shape index (κ2) is 14.5. The molecule has 0 spiro atoms. The molecule has 0 radical (unpaired) electrons. The largest absolute Gasteiger partial charge is 0.457 e. The highest BCUT2D eigenvalue weighted by Gasteiger charge is 2.47. The molecular weight excluding hydrogens is 587 g/mol. The van der Waals surface area contributed by atoms with Crippen LogP contribution in [0.15, 0.2) is 42.5 Å². The second-order valence-electron chi connectivity index (χ2n) is 14.9. The van der Waals surface area contributed by atoms with Gasteiger partial charge in [0, 0.05) is 12.3 Å². The summed E-state index contributed by atoms with van der Waals surface area (Å²) < 4.78 is 14.2. The number of carbonyl (C=O) groups is 2. The Morgan fingerprint density at radius 1 is 1.23 bits per heavy atom. The van der Waals surface area contributed by atoms with Crippen LogP contribution < -0.4 is 0 Å². The predicted octanol–water partition coefficient (Wildman–Crippen LogP) is 9.27. The second-order valence-corrected chi connectivity index (χ2v) is 20.9. The molecular formula is C36H55NO5SSi. The molecule has 5 atom stereocenters. The normalized spacial score (nSPS) is 27.9. The van der Waals surface area contributed by atoms with E-state index in [1.54, 1.807) is 31.3 Å². The molecule has 1 aromatic heterocycles. The number of thiazole rings is 1. The first kappa shape index (κ1) is 36.3. The molecule has 0 aliphatic carbocycles. The lowest BCUT2D eigenvalue weighted by Gasteiger charge is -2.44. The maximum absolute atomic E-state index is 14.4. The van der Waals surface area contributed by atoms with Crippen LogP contribution >= 0.6 is 11.3 Å². The highest BCUT2D eigenvalue weighted by Crippen LogP contribution is 2.42. The van der Waals surface area contributed by atoms with E-state index in [4.69, 9.17) is 9.16 Å². The molecule has 2 aromatic rings. The summed E-state index contributed by atoms with van der Waals surface area (Å²) in [4.78, 5) is 32.4. The van der Waals surface area contributed by atoms with E-state index in [1.165, 1.54) is 5.57 Å². The lowest BCUT2D eigenvalue weighted by Crippen LogP contribution is -2.52. The summed E-state index contributed by atoms with van der Waals surface area (Å²) in [6.07, 6.45) is 5.37. The summed E-state index contributed by atoms with van der Waals surface area (Å²) in [6, 6.07) is 6.01. The highest BCUT2D eigenvalue weighted by atomic mass is 32.1. The number of rotatable bonds is 5. The monoisotopic (exact) mass is 641 g/mol. The van der Waals surface area contributed by atoms with Crippen LogP contribution in [-0.4, -0.2) is 42.4 Å². The van der Waals surface area contributed by atoms with Gasteiger partial charge >= 0.3 is 5.97 Å². The topological polar surface area (TPSA) is 85.7 Å². The van der Waals surface area contributed by atoms with E-state index < -0.39 is 37.8 Å².